The van der Waals surface area contributed by atoms with Gasteiger partial charge in [-0.1, -0.05) is 145 Å². The van der Waals surface area contributed by atoms with Gasteiger partial charge in [0.05, 0.1) is 13.2 Å². The average molecular weight is 766 g/mol. The van der Waals surface area contributed by atoms with E-state index in [2.05, 4.69) is 56.0 Å². The SMILES string of the molecule is C=CCCCCCCCCCCCCCCCC(=O)OC[C@H](COP(=O)(O)OCCN)OC(=O)CCC/C=C/C/C=C/C/C=C/C/C=C/CCCCC. The van der Waals surface area contributed by atoms with Gasteiger partial charge in [-0.2, -0.15) is 0 Å². The first-order valence-electron chi connectivity index (χ1n) is 20.7. The van der Waals surface area contributed by atoms with E-state index < -0.39 is 32.5 Å². The Morgan fingerprint density at radius 3 is 1.62 bits per heavy atom. The Kier molecular flexibility index (Phi) is 37.7. The molecule has 0 saturated heterocycles. The summed E-state index contributed by atoms with van der Waals surface area (Å²) in [5.41, 5.74) is 5.34. The van der Waals surface area contributed by atoms with Gasteiger partial charge >= 0.3 is 19.8 Å². The van der Waals surface area contributed by atoms with E-state index in [1.54, 1.807) is 0 Å². The minimum atomic E-state index is -4.39. The van der Waals surface area contributed by atoms with Gasteiger partial charge < -0.3 is 20.1 Å². The number of carbonyl (C=O) groups is 2. The molecule has 2 atom stereocenters. The average Bonchev–Trinajstić information content (AvgIpc) is 3.14. The van der Waals surface area contributed by atoms with E-state index in [1.807, 2.05) is 12.2 Å². The summed E-state index contributed by atoms with van der Waals surface area (Å²) in [4.78, 5) is 34.8. The highest BCUT2D eigenvalue weighted by molar-refractivity contribution is 7.47. The maximum Gasteiger partial charge on any atom is 0.472 e. The van der Waals surface area contributed by atoms with Crippen molar-refractivity contribution in [1.29, 1.82) is 0 Å². The lowest BCUT2D eigenvalue weighted by Gasteiger charge is -2.19. The van der Waals surface area contributed by atoms with Crippen molar-refractivity contribution in [3.8, 4) is 0 Å². The maximum absolute atomic E-state index is 12.5. The Balaban J connectivity index is 4.27. The van der Waals surface area contributed by atoms with Crippen molar-refractivity contribution < 1.29 is 37.6 Å². The zero-order valence-corrected chi connectivity index (χ0v) is 34.2. The molecule has 0 aromatic rings. The molecule has 0 aliphatic carbocycles. The molecule has 9 nitrogen and oxygen atoms in total. The number of phosphoric ester groups is 1. The molecule has 10 heteroatoms. The van der Waals surface area contributed by atoms with Crippen LogP contribution in [0.25, 0.3) is 0 Å². The smallest absolute Gasteiger partial charge is 0.462 e. The van der Waals surface area contributed by atoms with E-state index in [-0.39, 0.29) is 32.6 Å². The van der Waals surface area contributed by atoms with Crippen LogP contribution in [0.3, 0.4) is 0 Å². The van der Waals surface area contributed by atoms with Crippen LogP contribution in [0.4, 0.5) is 0 Å². The van der Waals surface area contributed by atoms with E-state index in [0.29, 0.717) is 12.8 Å². The van der Waals surface area contributed by atoms with Crippen LogP contribution in [0.15, 0.2) is 61.3 Å². The van der Waals surface area contributed by atoms with E-state index in [9.17, 15) is 19.0 Å². The zero-order chi connectivity index (χ0) is 38.9. The molecule has 1 unspecified atom stereocenters. The monoisotopic (exact) mass is 766 g/mol. The molecule has 306 valence electrons. The highest BCUT2D eigenvalue weighted by atomic mass is 31.2. The van der Waals surface area contributed by atoms with E-state index in [1.165, 1.54) is 89.9 Å². The summed E-state index contributed by atoms with van der Waals surface area (Å²) >= 11 is 0. The number of allylic oxidation sites excluding steroid dienone is 9. The number of esters is 2. The fourth-order valence-corrected chi connectivity index (χ4v) is 6.19. The number of phosphoric acid groups is 1. The van der Waals surface area contributed by atoms with Gasteiger partial charge in [-0.3, -0.25) is 18.6 Å². The fraction of sp³-hybridized carbons (Fsp3) is 0.721. The third kappa shape index (κ3) is 39.2. The number of hydrogen-bond donors (Lipinski definition) is 2. The zero-order valence-electron chi connectivity index (χ0n) is 33.3. The maximum atomic E-state index is 12.5. The molecule has 0 aliphatic rings. The lowest BCUT2D eigenvalue weighted by Crippen LogP contribution is -2.29. The molecule has 3 N–H and O–H groups in total. The van der Waals surface area contributed by atoms with Crippen molar-refractivity contribution in [2.75, 3.05) is 26.4 Å². The van der Waals surface area contributed by atoms with Crippen molar-refractivity contribution in [1.82, 2.24) is 0 Å². The van der Waals surface area contributed by atoms with Crippen molar-refractivity contribution in [3.63, 3.8) is 0 Å². The fourth-order valence-electron chi connectivity index (χ4n) is 5.43. The largest absolute Gasteiger partial charge is 0.472 e. The molecular formula is C43H76NO8P. The summed E-state index contributed by atoms with van der Waals surface area (Å²) in [6.07, 6.45) is 44.3. The highest BCUT2D eigenvalue weighted by Crippen LogP contribution is 2.43. The van der Waals surface area contributed by atoms with Crippen LogP contribution in [0.2, 0.25) is 0 Å². The lowest BCUT2D eigenvalue weighted by molar-refractivity contribution is -0.161. The number of nitrogens with two attached hydrogens (primary N) is 1. The third-order valence-electron chi connectivity index (χ3n) is 8.52. The van der Waals surface area contributed by atoms with Crippen LogP contribution in [-0.2, 0) is 32.7 Å². The summed E-state index contributed by atoms with van der Waals surface area (Å²) in [5.74, 6) is -0.900. The normalized spacial score (nSPS) is 13.7. The minimum Gasteiger partial charge on any atom is -0.462 e. The van der Waals surface area contributed by atoms with Crippen LogP contribution in [0.5, 0.6) is 0 Å². The molecule has 53 heavy (non-hydrogen) atoms. The van der Waals surface area contributed by atoms with Gasteiger partial charge in [0.2, 0.25) is 0 Å². The first-order chi connectivity index (χ1) is 25.8. The van der Waals surface area contributed by atoms with Crippen LogP contribution < -0.4 is 5.73 Å². The summed E-state index contributed by atoms with van der Waals surface area (Å²) in [6.45, 7) is 5.14. The molecule has 0 radical (unpaired) electrons. The van der Waals surface area contributed by atoms with Crippen molar-refractivity contribution in [3.05, 3.63) is 61.3 Å². The number of carbonyl (C=O) groups excluding carboxylic acids is 2. The second kappa shape index (κ2) is 39.4. The first-order valence-corrected chi connectivity index (χ1v) is 22.2. The lowest BCUT2D eigenvalue weighted by atomic mass is 10.0. The quantitative estimate of drug-likeness (QED) is 0.0271. The third-order valence-corrected chi connectivity index (χ3v) is 9.51. The predicted octanol–water partition coefficient (Wildman–Crippen LogP) is 11.7. The first kappa shape index (κ1) is 50.7. The summed E-state index contributed by atoms with van der Waals surface area (Å²) < 4.78 is 32.7. The van der Waals surface area contributed by atoms with E-state index in [4.69, 9.17) is 24.3 Å². The van der Waals surface area contributed by atoms with E-state index >= 15 is 0 Å². The molecular weight excluding hydrogens is 689 g/mol. The highest BCUT2D eigenvalue weighted by Gasteiger charge is 2.25. The van der Waals surface area contributed by atoms with Crippen molar-refractivity contribution in [2.45, 2.75) is 174 Å². The predicted molar refractivity (Wildman–Crippen MR) is 219 cm³/mol. The van der Waals surface area contributed by atoms with E-state index in [0.717, 1.165) is 44.9 Å². The Bertz CT molecular complexity index is 1040. The Labute approximate surface area is 323 Å². The van der Waals surface area contributed by atoms with Gasteiger partial charge in [-0.05, 0) is 64.2 Å². The number of unbranched alkanes of at least 4 members (excludes halogenated alkanes) is 17. The molecule has 0 rings (SSSR count). The Morgan fingerprint density at radius 1 is 0.623 bits per heavy atom. The molecule has 0 heterocycles. The molecule has 0 amide bonds. The minimum absolute atomic E-state index is 0.0422. The van der Waals surface area contributed by atoms with Crippen LogP contribution in [0, 0.1) is 0 Å². The summed E-state index contributed by atoms with van der Waals surface area (Å²) in [5, 5.41) is 0. The Morgan fingerprint density at radius 2 is 1.09 bits per heavy atom. The molecule has 0 aromatic heterocycles. The van der Waals surface area contributed by atoms with Crippen molar-refractivity contribution >= 4 is 19.8 Å². The van der Waals surface area contributed by atoms with Crippen molar-refractivity contribution in [2.24, 2.45) is 5.73 Å². The van der Waals surface area contributed by atoms with Crippen LogP contribution in [-0.4, -0.2) is 49.3 Å². The van der Waals surface area contributed by atoms with Gasteiger partial charge in [0.15, 0.2) is 6.10 Å². The van der Waals surface area contributed by atoms with Gasteiger partial charge in [0.25, 0.3) is 0 Å². The topological polar surface area (TPSA) is 134 Å². The van der Waals surface area contributed by atoms with Gasteiger partial charge in [-0.25, -0.2) is 4.57 Å². The van der Waals surface area contributed by atoms with Crippen LogP contribution >= 0.6 is 7.82 Å². The Hall–Kier alpha value is -2.29. The number of hydrogen-bond acceptors (Lipinski definition) is 8. The molecule has 0 saturated carbocycles. The number of rotatable bonds is 39. The molecule has 0 spiro atoms. The van der Waals surface area contributed by atoms with Crippen LogP contribution in [0.1, 0.15) is 167 Å². The molecule has 0 fully saturated rings. The molecule has 0 aliphatic heterocycles. The summed E-state index contributed by atoms with van der Waals surface area (Å²) in [6, 6.07) is 0. The van der Waals surface area contributed by atoms with Gasteiger partial charge in [0.1, 0.15) is 6.61 Å². The second-order valence-electron chi connectivity index (χ2n) is 13.6. The van der Waals surface area contributed by atoms with Gasteiger partial charge in [-0.15, -0.1) is 6.58 Å². The standard InChI is InChI=1S/C43H76NO8P/c1-3-5-7-9-11-13-15-17-19-20-22-24-26-28-30-32-34-36-43(46)52-41(40-51-53(47,48)50-38-37-44)39-49-42(45)35-33-31-29-27-25-23-21-18-16-14-12-10-8-6-4-2/h4,11,13,17,19,22,24,28,30,41H,2-3,5-10,12,14-16,18,20-21,23,25-27,29,31-40,44H2,1H3,(H,47,48)/b13-11+,19-17+,24-22+,30-28+/t41-/m1/s1. The second-order valence-corrected chi connectivity index (χ2v) is 15.0. The molecule has 0 aromatic carbocycles. The van der Waals surface area contributed by atoms with Gasteiger partial charge in [0, 0.05) is 19.4 Å². The number of ether oxygens (including phenoxy) is 2. The molecule has 0 bridgehead atoms. The summed E-state index contributed by atoms with van der Waals surface area (Å²) in [7, 11) is -4.39.